The summed E-state index contributed by atoms with van der Waals surface area (Å²) in [6.45, 7) is 1.34. The highest BCUT2D eigenvalue weighted by atomic mass is 16.5. The van der Waals surface area contributed by atoms with Gasteiger partial charge in [-0.3, -0.25) is 4.79 Å². The molecule has 2 aliphatic heterocycles. The fourth-order valence-corrected chi connectivity index (χ4v) is 3.64. The molecule has 2 atom stereocenters. The Morgan fingerprint density at radius 1 is 1.32 bits per heavy atom. The lowest BCUT2D eigenvalue weighted by Crippen LogP contribution is -2.36. The predicted molar refractivity (Wildman–Crippen MR) is 92.7 cm³/mol. The van der Waals surface area contributed by atoms with Crippen molar-refractivity contribution in [2.75, 3.05) is 20.2 Å². The Morgan fingerprint density at radius 2 is 2.20 bits per heavy atom. The van der Waals surface area contributed by atoms with Crippen molar-refractivity contribution in [1.29, 1.82) is 0 Å². The van der Waals surface area contributed by atoms with Gasteiger partial charge in [-0.25, -0.2) is 4.68 Å². The second kappa shape index (κ2) is 6.28. The van der Waals surface area contributed by atoms with Crippen LogP contribution in [-0.4, -0.2) is 45.9 Å². The molecule has 0 radical (unpaired) electrons. The van der Waals surface area contributed by atoms with Gasteiger partial charge in [-0.15, -0.1) is 0 Å². The topological polar surface area (TPSA) is 67.6 Å². The summed E-state index contributed by atoms with van der Waals surface area (Å²) in [5.41, 5.74) is 0.906. The summed E-state index contributed by atoms with van der Waals surface area (Å²) in [7, 11) is 1.72. The van der Waals surface area contributed by atoms with Crippen LogP contribution in [0.3, 0.4) is 0 Å². The molecule has 3 heterocycles. The van der Waals surface area contributed by atoms with Crippen molar-refractivity contribution in [2.24, 2.45) is 0 Å². The third-order valence-corrected chi connectivity index (χ3v) is 5.20. The number of likely N-dealkylation sites (N-methyl/N-ethyl adjacent to an activating group) is 1. The summed E-state index contributed by atoms with van der Waals surface area (Å²) in [5, 5.41) is 15.5. The zero-order valence-electron chi connectivity index (χ0n) is 14.4. The van der Waals surface area contributed by atoms with Gasteiger partial charge in [-0.2, -0.15) is 5.10 Å². The lowest BCUT2D eigenvalue weighted by molar-refractivity contribution is -0.143. The molecule has 6 nitrogen and oxygen atoms in total. The standard InChI is InChI=1S/C19H23N3O3/c1-21-11-9-19(24,18(21)23)15-6-4-5-14(13-15)16-8-10-22(20-16)17-7-2-3-12-25-17/h4-6,8,10,13,17,24H,2-3,7,9,11-12H2,1H3/t17?,19-/m1/s1. The van der Waals surface area contributed by atoms with Crippen molar-refractivity contribution in [1.82, 2.24) is 14.7 Å². The SMILES string of the molecule is CN1CC[C@@](O)(c2cccc(-c3ccn(C4CCCCO4)n3)c2)C1=O. The lowest BCUT2D eigenvalue weighted by atomic mass is 9.90. The van der Waals surface area contributed by atoms with Gasteiger partial charge in [0.25, 0.3) is 5.91 Å². The van der Waals surface area contributed by atoms with Crippen molar-refractivity contribution < 1.29 is 14.6 Å². The minimum atomic E-state index is -1.43. The maximum atomic E-state index is 12.3. The minimum absolute atomic E-state index is 0.0000684. The van der Waals surface area contributed by atoms with E-state index in [0.717, 1.165) is 37.1 Å². The molecular formula is C19H23N3O3. The number of benzene rings is 1. The third kappa shape index (κ3) is 2.85. The first kappa shape index (κ1) is 16.3. The summed E-state index contributed by atoms with van der Waals surface area (Å²) >= 11 is 0. The molecule has 1 N–H and O–H groups in total. The molecule has 4 rings (SSSR count). The smallest absolute Gasteiger partial charge is 0.258 e. The second-order valence-electron chi connectivity index (χ2n) is 6.92. The predicted octanol–water partition coefficient (Wildman–Crippen LogP) is 2.30. The number of aromatic nitrogens is 2. The normalized spacial score (nSPS) is 27.0. The van der Waals surface area contributed by atoms with Crippen LogP contribution in [0.2, 0.25) is 0 Å². The fraction of sp³-hybridized carbons (Fsp3) is 0.474. The van der Waals surface area contributed by atoms with E-state index in [-0.39, 0.29) is 12.1 Å². The van der Waals surface area contributed by atoms with Gasteiger partial charge in [0, 0.05) is 38.4 Å². The van der Waals surface area contributed by atoms with Crippen LogP contribution < -0.4 is 0 Å². The van der Waals surface area contributed by atoms with Crippen LogP contribution in [-0.2, 0) is 15.1 Å². The van der Waals surface area contributed by atoms with Gasteiger partial charge in [0.1, 0.15) is 6.23 Å². The molecule has 1 aromatic carbocycles. The third-order valence-electron chi connectivity index (χ3n) is 5.20. The van der Waals surface area contributed by atoms with Gasteiger partial charge in [0.05, 0.1) is 5.69 Å². The molecule has 25 heavy (non-hydrogen) atoms. The first-order valence-corrected chi connectivity index (χ1v) is 8.83. The van der Waals surface area contributed by atoms with Gasteiger partial charge in [0.15, 0.2) is 5.60 Å². The summed E-state index contributed by atoms with van der Waals surface area (Å²) in [4.78, 5) is 13.9. The summed E-state index contributed by atoms with van der Waals surface area (Å²) in [6, 6.07) is 9.44. The van der Waals surface area contributed by atoms with E-state index in [1.807, 2.05) is 41.2 Å². The minimum Gasteiger partial charge on any atom is -0.375 e. The maximum Gasteiger partial charge on any atom is 0.258 e. The van der Waals surface area contributed by atoms with Crippen LogP contribution >= 0.6 is 0 Å². The maximum absolute atomic E-state index is 12.3. The Balaban J connectivity index is 1.62. The highest BCUT2D eigenvalue weighted by Gasteiger charge is 2.45. The van der Waals surface area contributed by atoms with Crippen LogP contribution in [0, 0.1) is 0 Å². The van der Waals surface area contributed by atoms with Crippen LogP contribution in [0.15, 0.2) is 36.5 Å². The van der Waals surface area contributed by atoms with Crippen molar-refractivity contribution >= 4 is 5.91 Å². The molecule has 132 valence electrons. The van der Waals surface area contributed by atoms with Crippen molar-refractivity contribution in [3.63, 3.8) is 0 Å². The number of ether oxygens (including phenoxy) is 1. The Hall–Kier alpha value is -2.18. The van der Waals surface area contributed by atoms with Gasteiger partial charge in [-0.1, -0.05) is 18.2 Å². The number of likely N-dealkylation sites (tertiary alicyclic amines) is 1. The quantitative estimate of drug-likeness (QED) is 0.930. The van der Waals surface area contributed by atoms with Gasteiger partial charge in [-0.05, 0) is 37.0 Å². The highest BCUT2D eigenvalue weighted by Crippen LogP contribution is 2.34. The largest absolute Gasteiger partial charge is 0.375 e. The molecular weight excluding hydrogens is 318 g/mol. The van der Waals surface area contributed by atoms with Gasteiger partial charge < -0.3 is 14.7 Å². The molecule has 2 saturated heterocycles. The van der Waals surface area contributed by atoms with Crippen molar-refractivity contribution in [2.45, 2.75) is 37.5 Å². The van der Waals surface area contributed by atoms with Gasteiger partial charge >= 0.3 is 0 Å². The number of amides is 1. The number of hydrogen-bond acceptors (Lipinski definition) is 4. The zero-order chi connectivity index (χ0) is 17.4. The molecule has 0 saturated carbocycles. The molecule has 6 heteroatoms. The number of carbonyl (C=O) groups is 1. The Kier molecular flexibility index (Phi) is 4.09. The van der Waals surface area contributed by atoms with Crippen LogP contribution in [0.5, 0.6) is 0 Å². The van der Waals surface area contributed by atoms with E-state index in [9.17, 15) is 9.90 Å². The molecule has 2 aliphatic rings. The molecule has 2 aromatic rings. The molecule has 1 unspecified atom stereocenters. The highest BCUT2D eigenvalue weighted by molar-refractivity contribution is 5.88. The average molecular weight is 341 g/mol. The average Bonchev–Trinajstić information content (AvgIpc) is 3.25. The molecule has 0 spiro atoms. The van der Waals surface area contributed by atoms with E-state index in [4.69, 9.17) is 4.74 Å². The van der Waals surface area contributed by atoms with E-state index in [1.165, 1.54) is 0 Å². The van der Waals surface area contributed by atoms with Crippen molar-refractivity contribution in [3.8, 4) is 11.3 Å². The Morgan fingerprint density at radius 3 is 2.92 bits per heavy atom. The first-order valence-electron chi connectivity index (χ1n) is 8.83. The summed E-state index contributed by atoms with van der Waals surface area (Å²) < 4.78 is 7.64. The van der Waals surface area contributed by atoms with Gasteiger partial charge in [0.2, 0.25) is 0 Å². The Bertz CT molecular complexity index is 782. The molecule has 1 aromatic heterocycles. The van der Waals surface area contributed by atoms with E-state index in [0.29, 0.717) is 18.5 Å². The number of rotatable bonds is 3. The molecule has 2 fully saturated rings. The van der Waals surface area contributed by atoms with Crippen LogP contribution in [0.25, 0.3) is 11.3 Å². The van der Waals surface area contributed by atoms with E-state index < -0.39 is 5.60 Å². The number of carbonyl (C=O) groups excluding carboxylic acids is 1. The van der Waals surface area contributed by atoms with Crippen molar-refractivity contribution in [3.05, 3.63) is 42.1 Å². The number of aliphatic hydroxyl groups is 1. The van der Waals surface area contributed by atoms with Crippen LogP contribution in [0.1, 0.15) is 37.5 Å². The number of nitrogens with zero attached hydrogens (tertiary/aromatic N) is 3. The first-order chi connectivity index (χ1) is 12.1. The number of hydrogen-bond donors (Lipinski definition) is 1. The van der Waals surface area contributed by atoms with Crippen LogP contribution in [0.4, 0.5) is 0 Å². The second-order valence-corrected chi connectivity index (χ2v) is 6.92. The Labute approximate surface area is 147 Å². The monoisotopic (exact) mass is 341 g/mol. The summed E-state index contributed by atoms with van der Waals surface area (Å²) in [5.74, 6) is -0.245. The fourth-order valence-electron chi connectivity index (χ4n) is 3.64. The van der Waals surface area contributed by atoms with E-state index in [2.05, 4.69) is 5.10 Å². The van der Waals surface area contributed by atoms with E-state index in [1.54, 1.807) is 11.9 Å². The summed E-state index contributed by atoms with van der Waals surface area (Å²) in [6.07, 6.45) is 5.57. The van der Waals surface area contributed by atoms with E-state index >= 15 is 0 Å². The lowest BCUT2D eigenvalue weighted by Gasteiger charge is -2.22. The zero-order valence-corrected chi connectivity index (χ0v) is 14.4. The molecule has 0 bridgehead atoms. The molecule has 0 aliphatic carbocycles. The molecule has 1 amide bonds.